The molecule has 1 aromatic heterocycles. The highest BCUT2D eigenvalue weighted by atomic mass is 19.1. The van der Waals surface area contributed by atoms with Crippen LogP contribution in [0.3, 0.4) is 0 Å². The summed E-state index contributed by atoms with van der Waals surface area (Å²) in [6.07, 6.45) is 2.15. The average molecular weight is 293 g/mol. The van der Waals surface area contributed by atoms with Gasteiger partial charge >= 0.3 is 0 Å². The molecule has 1 saturated heterocycles. The molecule has 1 aliphatic rings. The van der Waals surface area contributed by atoms with Crippen LogP contribution in [0.15, 0.2) is 22.7 Å². The van der Waals surface area contributed by atoms with Gasteiger partial charge in [0.2, 0.25) is 11.7 Å². The maximum absolute atomic E-state index is 13.3. The van der Waals surface area contributed by atoms with Crippen molar-refractivity contribution in [1.29, 1.82) is 0 Å². The van der Waals surface area contributed by atoms with Crippen LogP contribution in [0.1, 0.15) is 38.6 Å². The number of rotatable bonds is 2. The van der Waals surface area contributed by atoms with Gasteiger partial charge in [-0.1, -0.05) is 19.0 Å². The molecule has 1 fully saturated rings. The first kappa shape index (κ1) is 14.1. The quantitative estimate of drug-likeness (QED) is 0.921. The van der Waals surface area contributed by atoms with Crippen molar-refractivity contribution in [3.8, 4) is 11.4 Å². The second-order valence-corrected chi connectivity index (χ2v) is 6.09. The Morgan fingerprint density at radius 2 is 1.95 bits per heavy atom. The number of halogens is 2. The normalized spacial score (nSPS) is 21.4. The number of piperidine rings is 1. The lowest BCUT2D eigenvalue weighted by Gasteiger charge is -2.36. The number of benzene rings is 1. The molecular weight excluding hydrogens is 276 g/mol. The monoisotopic (exact) mass is 293 g/mol. The summed E-state index contributed by atoms with van der Waals surface area (Å²) in [6, 6.07) is 3.15. The van der Waals surface area contributed by atoms with Crippen LogP contribution in [-0.4, -0.2) is 16.7 Å². The van der Waals surface area contributed by atoms with Gasteiger partial charge in [0.25, 0.3) is 0 Å². The third kappa shape index (κ3) is 2.81. The molecular formula is C15H17F2N3O. The van der Waals surface area contributed by atoms with Crippen LogP contribution in [0.4, 0.5) is 8.78 Å². The molecule has 0 aliphatic carbocycles. The molecule has 0 amide bonds. The second-order valence-electron chi connectivity index (χ2n) is 6.09. The molecule has 21 heavy (non-hydrogen) atoms. The first-order valence-corrected chi connectivity index (χ1v) is 6.99. The van der Waals surface area contributed by atoms with Crippen LogP contribution < -0.4 is 5.32 Å². The van der Waals surface area contributed by atoms with Crippen LogP contribution in [0.2, 0.25) is 0 Å². The Balaban J connectivity index is 1.92. The van der Waals surface area contributed by atoms with Crippen molar-refractivity contribution in [3.63, 3.8) is 0 Å². The lowest BCUT2D eigenvalue weighted by molar-refractivity contribution is 0.146. The number of aromatic nitrogens is 2. The fraction of sp³-hybridized carbons (Fsp3) is 0.467. The highest BCUT2D eigenvalue weighted by Crippen LogP contribution is 2.39. The Bertz CT molecular complexity index is 634. The SMILES string of the molecule is CC1(C)CCCNC1c1nc(-c2cc(F)cc(F)c2)no1. The van der Waals surface area contributed by atoms with E-state index in [1.165, 1.54) is 12.1 Å². The molecule has 0 radical (unpaired) electrons. The van der Waals surface area contributed by atoms with Gasteiger partial charge in [0.1, 0.15) is 11.6 Å². The predicted molar refractivity (Wildman–Crippen MR) is 73.4 cm³/mol. The summed E-state index contributed by atoms with van der Waals surface area (Å²) in [5, 5.41) is 7.22. The summed E-state index contributed by atoms with van der Waals surface area (Å²) in [5.74, 6) is -0.661. The Kier molecular flexibility index (Phi) is 3.49. The topological polar surface area (TPSA) is 51.0 Å². The lowest BCUT2D eigenvalue weighted by Crippen LogP contribution is -2.39. The zero-order valence-corrected chi connectivity index (χ0v) is 12.0. The molecule has 0 spiro atoms. The molecule has 1 unspecified atom stereocenters. The zero-order valence-electron chi connectivity index (χ0n) is 12.0. The van der Waals surface area contributed by atoms with Crippen molar-refractivity contribution in [1.82, 2.24) is 15.5 Å². The first-order chi connectivity index (χ1) is 9.95. The Morgan fingerprint density at radius 3 is 2.62 bits per heavy atom. The molecule has 0 saturated carbocycles. The molecule has 1 atom stereocenters. The molecule has 2 heterocycles. The number of hydrogen-bond donors (Lipinski definition) is 1. The summed E-state index contributed by atoms with van der Waals surface area (Å²) in [4.78, 5) is 4.31. The van der Waals surface area contributed by atoms with Gasteiger partial charge in [-0.2, -0.15) is 4.98 Å². The fourth-order valence-electron chi connectivity index (χ4n) is 2.79. The maximum Gasteiger partial charge on any atom is 0.244 e. The molecule has 0 bridgehead atoms. The van der Waals surface area contributed by atoms with E-state index in [0.717, 1.165) is 25.5 Å². The van der Waals surface area contributed by atoms with E-state index in [0.29, 0.717) is 5.89 Å². The molecule has 3 rings (SSSR count). The van der Waals surface area contributed by atoms with Crippen molar-refractivity contribution in [3.05, 3.63) is 35.7 Å². The van der Waals surface area contributed by atoms with Crippen LogP contribution in [0, 0.1) is 17.0 Å². The smallest absolute Gasteiger partial charge is 0.244 e. The molecule has 1 N–H and O–H groups in total. The summed E-state index contributed by atoms with van der Waals surface area (Å²) < 4.78 is 31.8. The lowest BCUT2D eigenvalue weighted by atomic mass is 9.77. The van der Waals surface area contributed by atoms with Crippen molar-refractivity contribution < 1.29 is 13.3 Å². The zero-order chi connectivity index (χ0) is 15.0. The molecule has 1 aliphatic heterocycles. The van der Waals surface area contributed by atoms with E-state index >= 15 is 0 Å². The van der Waals surface area contributed by atoms with Gasteiger partial charge in [0.05, 0.1) is 6.04 Å². The van der Waals surface area contributed by atoms with E-state index in [-0.39, 0.29) is 22.8 Å². The Hall–Kier alpha value is -1.82. The molecule has 112 valence electrons. The van der Waals surface area contributed by atoms with E-state index in [4.69, 9.17) is 4.52 Å². The van der Waals surface area contributed by atoms with E-state index in [2.05, 4.69) is 29.3 Å². The van der Waals surface area contributed by atoms with E-state index < -0.39 is 11.6 Å². The van der Waals surface area contributed by atoms with Crippen LogP contribution in [0.25, 0.3) is 11.4 Å². The van der Waals surface area contributed by atoms with Gasteiger partial charge in [0.15, 0.2) is 0 Å². The largest absolute Gasteiger partial charge is 0.337 e. The van der Waals surface area contributed by atoms with Crippen LogP contribution in [-0.2, 0) is 0 Å². The fourth-order valence-corrected chi connectivity index (χ4v) is 2.79. The number of hydrogen-bond acceptors (Lipinski definition) is 4. The maximum atomic E-state index is 13.3. The first-order valence-electron chi connectivity index (χ1n) is 6.99. The van der Waals surface area contributed by atoms with Gasteiger partial charge in [-0.15, -0.1) is 0 Å². The van der Waals surface area contributed by atoms with Crippen molar-refractivity contribution in [2.75, 3.05) is 6.54 Å². The average Bonchev–Trinajstić information content (AvgIpc) is 2.86. The van der Waals surface area contributed by atoms with Gasteiger partial charge in [0, 0.05) is 11.6 Å². The predicted octanol–water partition coefficient (Wildman–Crippen LogP) is 3.47. The van der Waals surface area contributed by atoms with E-state index in [1.807, 2.05) is 0 Å². The molecule has 4 nitrogen and oxygen atoms in total. The summed E-state index contributed by atoms with van der Waals surface area (Å²) in [7, 11) is 0. The van der Waals surface area contributed by atoms with E-state index in [9.17, 15) is 8.78 Å². The third-order valence-electron chi connectivity index (χ3n) is 3.94. The van der Waals surface area contributed by atoms with Crippen LogP contribution >= 0.6 is 0 Å². The van der Waals surface area contributed by atoms with Gasteiger partial charge in [-0.3, -0.25) is 0 Å². The molecule has 1 aromatic carbocycles. The van der Waals surface area contributed by atoms with Crippen molar-refractivity contribution >= 4 is 0 Å². The summed E-state index contributed by atoms with van der Waals surface area (Å²) in [6.45, 7) is 5.16. The summed E-state index contributed by atoms with van der Waals surface area (Å²) >= 11 is 0. The standard InChI is InChI=1S/C15H17F2N3O/c1-15(2)4-3-5-18-12(15)14-19-13(20-21-14)9-6-10(16)8-11(17)7-9/h6-8,12,18H,3-5H2,1-2H3. The minimum atomic E-state index is -0.660. The minimum absolute atomic E-state index is 0.00472. The Morgan fingerprint density at radius 1 is 1.24 bits per heavy atom. The number of nitrogens with one attached hydrogen (secondary N) is 1. The minimum Gasteiger partial charge on any atom is -0.337 e. The summed E-state index contributed by atoms with van der Waals surface area (Å²) in [5.41, 5.74) is 0.269. The molecule has 2 aromatic rings. The number of nitrogens with zero attached hydrogens (tertiary/aromatic N) is 2. The van der Waals surface area contributed by atoms with Crippen molar-refractivity contribution in [2.45, 2.75) is 32.7 Å². The molecule has 6 heteroatoms. The highest BCUT2D eigenvalue weighted by Gasteiger charge is 2.37. The van der Waals surface area contributed by atoms with E-state index in [1.54, 1.807) is 0 Å². The van der Waals surface area contributed by atoms with Crippen molar-refractivity contribution in [2.24, 2.45) is 5.41 Å². The van der Waals surface area contributed by atoms with Gasteiger partial charge < -0.3 is 9.84 Å². The van der Waals surface area contributed by atoms with Gasteiger partial charge in [-0.25, -0.2) is 8.78 Å². The second kappa shape index (κ2) is 5.18. The Labute approximate surface area is 121 Å². The third-order valence-corrected chi connectivity index (χ3v) is 3.94. The van der Waals surface area contributed by atoms with Crippen LogP contribution in [0.5, 0.6) is 0 Å². The van der Waals surface area contributed by atoms with Gasteiger partial charge in [-0.05, 0) is 36.9 Å². The highest BCUT2D eigenvalue weighted by molar-refractivity contribution is 5.54.